The first-order valence-corrected chi connectivity index (χ1v) is 10.3. The first-order valence-electron chi connectivity index (χ1n) is 9.41. The van der Waals surface area contributed by atoms with Gasteiger partial charge in [0.25, 0.3) is 11.8 Å². The molecule has 0 radical (unpaired) electrons. The Bertz CT molecular complexity index is 901. The van der Waals surface area contributed by atoms with Crippen molar-refractivity contribution < 1.29 is 14.3 Å². The van der Waals surface area contributed by atoms with Crippen LogP contribution in [-0.2, 0) is 14.3 Å². The quantitative estimate of drug-likeness (QED) is 0.759. The predicted molar refractivity (Wildman–Crippen MR) is 110 cm³/mol. The summed E-state index contributed by atoms with van der Waals surface area (Å²) in [5.74, 6) is -0.487. The number of imide groups is 1. The van der Waals surface area contributed by atoms with Gasteiger partial charge in [0.1, 0.15) is 5.70 Å². The molecule has 146 valence electrons. The van der Waals surface area contributed by atoms with Crippen molar-refractivity contribution in [2.24, 2.45) is 0 Å². The molecule has 0 atom stereocenters. The van der Waals surface area contributed by atoms with Gasteiger partial charge in [0.15, 0.2) is 0 Å². The second-order valence-electron chi connectivity index (χ2n) is 6.94. The van der Waals surface area contributed by atoms with Gasteiger partial charge in [-0.3, -0.25) is 19.4 Å². The van der Waals surface area contributed by atoms with Crippen molar-refractivity contribution in [3.05, 3.63) is 57.9 Å². The summed E-state index contributed by atoms with van der Waals surface area (Å²) in [5, 5.41) is 5.13. The van der Waals surface area contributed by atoms with Crippen LogP contribution in [-0.4, -0.2) is 61.0 Å². The lowest BCUT2D eigenvalue weighted by molar-refractivity contribution is -0.137. The fourth-order valence-corrected chi connectivity index (χ4v) is 4.25. The fourth-order valence-electron chi connectivity index (χ4n) is 3.48. The van der Waals surface area contributed by atoms with E-state index in [9.17, 15) is 9.59 Å². The lowest BCUT2D eigenvalue weighted by atomic mass is 10.1. The van der Waals surface area contributed by atoms with Crippen LogP contribution in [0.3, 0.4) is 0 Å². The number of thiophene rings is 1. The standard InChI is InChI=1S/C21H23N3O3S/c1-15-4-2-5-16(14-15)22-19-18(17-6-3-13-28-17)20(25)24(21(19)26)8-7-23-9-11-27-12-10-23/h2-6,13-14,22H,7-12H2,1H3. The minimum Gasteiger partial charge on any atom is -0.379 e. The molecule has 6 nitrogen and oxygen atoms in total. The first kappa shape index (κ1) is 18.9. The largest absolute Gasteiger partial charge is 0.379 e. The van der Waals surface area contributed by atoms with Crippen molar-refractivity contribution in [3.8, 4) is 0 Å². The molecule has 2 aliphatic heterocycles. The molecule has 0 saturated carbocycles. The second-order valence-corrected chi connectivity index (χ2v) is 7.89. The summed E-state index contributed by atoms with van der Waals surface area (Å²) in [6, 6.07) is 11.6. The molecule has 1 saturated heterocycles. The third-order valence-corrected chi connectivity index (χ3v) is 5.85. The van der Waals surface area contributed by atoms with E-state index in [2.05, 4.69) is 10.2 Å². The molecule has 7 heteroatoms. The van der Waals surface area contributed by atoms with Crippen LogP contribution in [0.4, 0.5) is 5.69 Å². The number of carbonyl (C=O) groups excluding carboxylic acids is 2. The average Bonchev–Trinajstić information content (AvgIpc) is 3.29. The maximum atomic E-state index is 13.1. The molecule has 28 heavy (non-hydrogen) atoms. The molecule has 1 aromatic heterocycles. The lowest BCUT2D eigenvalue weighted by Crippen LogP contribution is -2.43. The van der Waals surface area contributed by atoms with Crippen LogP contribution >= 0.6 is 11.3 Å². The van der Waals surface area contributed by atoms with E-state index in [-0.39, 0.29) is 11.8 Å². The second kappa shape index (κ2) is 8.26. The van der Waals surface area contributed by atoms with Crippen LogP contribution in [0.5, 0.6) is 0 Å². The molecular weight excluding hydrogens is 374 g/mol. The number of nitrogens with one attached hydrogen (secondary N) is 1. The summed E-state index contributed by atoms with van der Waals surface area (Å²) >= 11 is 1.47. The van der Waals surface area contributed by atoms with E-state index in [1.54, 1.807) is 0 Å². The average molecular weight is 398 g/mol. The van der Waals surface area contributed by atoms with Gasteiger partial charge in [0.05, 0.1) is 18.8 Å². The zero-order valence-corrected chi connectivity index (χ0v) is 16.6. The van der Waals surface area contributed by atoms with Crippen molar-refractivity contribution in [3.63, 3.8) is 0 Å². The van der Waals surface area contributed by atoms with Crippen LogP contribution < -0.4 is 5.32 Å². The summed E-state index contributed by atoms with van der Waals surface area (Å²) in [7, 11) is 0. The highest BCUT2D eigenvalue weighted by molar-refractivity contribution is 7.11. The van der Waals surface area contributed by atoms with Gasteiger partial charge in [-0.2, -0.15) is 0 Å². The molecule has 3 heterocycles. The van der Waals surface area contributed by atoms with Crippen LogP contribution in [0.2, 0.25) is 0 Å². The van der Waals surface area contributed by atoms with Gasteiger partial charge in [-0.15, -0.1) is 11.3 Å². The van der Waals surface area contributed by atoms with Crippen LogP contribution in [0.1, 0.15) is 10.4 Å². The summed E-state index contributed by atoms with van der Waals surface area (Å²) in [4.78, 5) is 30.6. The first-order chi connectivity index (χ1) is 13.6. The number of anilines is 1. The van der Waals surface area contributed by atoms with Crippen molar-refractivity contribution in [1.82, 2.24) is 9.80 Å². The smallest absolute Gasteiger partial charge is 0.278 e. The molecular formula is C21H23N3O3S. The number of nitrogens with zero attached hydrogens (tertiary/aromatic N) is 2. The molecule has 2 amide bonds. The summed E-state index contributed by atoms with van der Waals surface area (Å²) in [5.41, 5.74) is 2.72. The molecule has 0 bridgehead atoms. The number of morpholine rings is 1. The molecule has 0 unspecified atom stereocenters. The molecule has 2 aliphatic rings. The fraction of sp³-hybridized carbons (Fsp3) is 0.333. The molecule has 4 rings (SSSR count). The van der Waals surface area contributed by atoms with E-state index < -0.39 is 0 Å². The minimum atomic E-state index is -0.261. The number of aryl methyl sites for hydroxylation is 1. The third-order valence-electron chi connectivity index (χ3n) is 4.97. The number of benzene rings is 1. The highest BCUT2D eigenvalue weighted by Gasteiger charge is 2.39. The van der Waals surface area contributed by atoms with Crippen LogP contribution in [0.25, 0.3) is 5.57 Å². The molecule has 0 aliphatic carbocycles. The monoisotopic (exact) mass is 397 g/mol. The summed E-state index contributed by atoms with van der Waals surface area (Å²) in [6.07, 6.45) is 0. The van der Waals surface area contributed by atoms with Crippen LogP contribution in [0.15, 0.2) is 47.5 Å². The molecule has 1 fully saturated rings. The Kier molecular flexibility index (Phi) is 5.57. The van der Waals surface area contributed by atoms with Crippen molar-refractivity contribution in [2.45, 2.75) is 6.92 Å². The van der Waals surface area contributed by atoms with Gasteiger partial charge in [-0.25, -0.2) is 0 Å². The number of carbonyl (C=O) groups is 2. The Morgan fingerprint density at radius 2 is 1.89 bits per heavy atom. The van der Waals surface area contributed by atoms with Crippen molar-refractivity contribution in [2.75, 3.05) is 44.7 Å². The Balaban J connectivity index is 1.58. The third kappa shape index (κ3) is 3.87. The normalized spacial score (nSPS) is 18.2. The Morgan fingerprint density at radius 1 is 1.07 bits per heavy atom. The maximum absolute atomic E-state index is 13.1. The van der Waals surface area contributed by atoms with Crippen molar-refractivity contribution in [1.29, 1.82) is 0 Å². The maximum Gasteiger partial charge on any atom is 0.278 e. The summed E-state index contributed by atoms with van der Waals surface area (Å²) in [6.45, 7) is 6.09. The van der Waals surface area contributed by atoms with Gasteiger partial charge in [-0.05, 0) is 36.1 Å². The summed E-state index contributed by atoms with van der Waals surface area (Å²) < 4.78 is 5.37. The van der Waals surface area contributed by atoms with Gasteiger partial charge < -0.3 is 10.1 Å². The van der Waals surface area contributed by atoms with E-state index in [4.69, 9.17) is 4.74 Å². The van der Waals surface area contributed by atoms with E-state index in [1.165, 1.54) is 16.2 Å². The van der Waals surface area contributed by atoms with E-state index in [0.717, 1.165) is 29.2 Å². The molecule has 0 spiro atoms. The Hall–Kier alpha value is -2.48. The van der Waals surface area contributed by atoms with Gasteiger partial charge >= 0.3 is 0 Å². The number of rotatable bonds is 6. The number of ether oxygens (including phenoxy) is 1. The highest BCUT2D eigenvalue weighted by atomic mass is 32.1. The van der Waals surface area contributed by atoms with Gasteiger partial charge in [0.2, 0.25) is 0 Å². The number of amides is 2. The minimum absolute atomic E-state index is 0.226. The molecule has 1 N–H and O–H groups in total. The van der Waals surface area contributed by atoms with Gasteiger partial charge in [-0.1, -0.05) is 18.2 Å². The molecule has 2 aromatic rings. The SMILES string of the molecule is Cc1cccc(NC2=C(c3cccs3)C(=O)N(CCN3CCOCC3)C2=O)c1. The van der Waals surface area contributed by atoms with E-state index in [0.29, 0.717) is 37.6 Å². The zero-order chi connectivity index (χ0) is 19.5. The number of hydrogen-bond acceptors (Lipinski definition) is 6. The highest BCUT2D eigenvalue weighted by Crippen LogP contribution is 2.32. The molecule has 1 aromatic carbocycles. The van der Waals surface area contributed by atoms with Gasteiger partial charge in [0, 0.05) is 36.7 Å². The van der Waals surface area contributed by atoms with E-state index >= 15 is 0 Å². The number of hydrogen-bond donors (Lipinski definition) is 1. The Morgan fingerprint density at radius 3 is 2.61 bits per heavy atom. The predicted octanol–water partition coefficient (Wildman–Crippen LogP) is 2.58. The van der Waals surface area contributed by atoms with E-state index in [1.807, 2.05) is 48.7 Å². The van der Waals surface area contributed by atoms with Crippen LogP contribution in [0, 0.1) is 6.92 Å². The zero-order valence-electron chi connectivity index (χ0n) is 15.8. The lowest BCUT2D eigenvalue weighted by Gasteiger charge is -2.28. The topological polar surface area (TPSA) is 61.9 Å². The van der Waals surface area contributed by atoms with Crippen molar-refractivity contribution >= 4 is 34.4 Å². The Labute approximate surface area is 168 Å².